The van der Waals surface area contributed by atoms with Crippen LogP contribution in [0.25, 0.3) is 0 Å². The van der Waals surface area contributed by atoms with Gasteiger partial charge in [-0.15, -0.1) is 0 Å². The fraction of sp³-hybridized carbons (Fsp3) is 0. The average Bonchev–Trinajstić information content (AvgIpc) is 2.62. The van der Waals surface area contributed by atoms with Crippen molar-refractivity contribution in [3.8, 4) is 0 Å². The molecule has 8 heteroatoms. The minimum Gasteiger partial charge on any atom is -0.478 e. The van der Waals surface area contributed by atoms with Crippen LogP contribution in [0.4, 0.5) is 22.7 Å². The molecule has 0 aromatic heterocycles. The van der Waals surface area contributed by atoms with Gasteiger partial charge in [0.2, 0.25) is 0 Å². The highest BCUT2D eigenvalue weighted by atomic mass is 35.5. The molecule has 0 spiro atoms. The van der Waals surface area contributed by atoms with E-state index in [2.05, 4.69) is 10.6 Å². The molecule has 0 aliphatic rings. The summed E-state index contributed by atoms with van der Waals surface area (Å²) in [4.78, 5) is 23.5. The van der Waals surface area contributed by atoms with Crippen LogP contribution in [0, 0.1) is 0 Å². The molecular formula is C20H14Cl2N2O4. The first-order valence-corrected chi connectivity index (χ1v) is 8.79. The van der Waals surface area contributed by atoms with Gasteiger partial charge in [0.1, 0.15) is 0 Å². The Kier molecular flexibility index (Phi) is 5.73. The molecule has 3 rings (SSSR count). The highest BCUT2D eigenvalue weighted by Crippen LogP contribution is 2.36. The third-order valence-electron chi connectivity index (χ3n) is 3.85. The van der Waals surface area contributed by atoms with Crippen LogP contribution < -0.4 is 10.6 Å². The van der Waals surface area contributed by atoms with E-state index in [0.29, 0.717) is 21.4 Å². The molecule has 6 nitrogen and oxygen atoms in total. The van der Waals surface area contributed by atoms with Crippen molar-refractivity contribution >= 4 is 57.9 Å². The molecular weight excluding hydrogens is 403 g/mol. The topological polar surface area (TPSA) is 98.7 Å². The molecule has 0 bridgehead atoms. The molecule has 3 aromatic carbocycles. The fourth-order valence-electron chi connectivity index (χ4n) is 2.64. The summed E-state index contributed by atoms with van der Waals surface area (Å²) in [6, 6.07) is 15.8. The van der Waals surface area contributed by atoms with E-state index in [1.54, 1.807) is 48.5 Å². The smallest absolute Gasteiger partial charge is 0.337 e. The standard InChI is InChI=1S/C20H14Cl2N2O4/c21-11-3-1-5-13(9-11)23-17-15(19(25)26)7-8-16(20(27)28)18(17)24-14-6-2-4-12(22)10-14/h1-10,23-24H,(H,25,26)(H,27,28). The summed E-state index contributed by atoms with van der Waals surface area (Å²) in [6.07, 6.45) is 0. The number of benzene rings is 3. The van der Waals surface area contributed by atoms with Crippen molar-refractivity contribution in [1.29, 1.82) is 0 Å². The number of halogens is 2. The summed E-state index contributed by atoms with van der Waals surface area (Å²) < 4.78 is 0. The summed E-state index contributed by atoms with van der Waals surface area (Å²) in [6.45, 7) is 0. The van der Waals surface area contributed by atoms with Crippen molar-refractivity contribution in [3.63, 3.8) is 0 Å². The van der Waals surface area contributed by atoms with Crippen molar-refractivity contribution in [1.82, 2.24) is 0 Å². The highest BCUT2D eigenvalue weighted by molar-refractivity contribution is 6.31. The van der Waals surface area contributed by atoms with E-state index >= 15 is 0 Å². The maximum Gasteiger partial charge on any atom is 0.337 e. The number of rotatable bonds is 6. The van der Waals surface area contributed by atoms with Gasteiger partial charge >= 0.3 is 11.9 Å². The zero-order chi connectivity index (χ0) is 20.3. The summed E-state index contributed by atoms with van der Waals surface area (Å²) in [5.74, 6) is -2.42. The number of carbonyl (C=O) groups is 2. The van der Waals surface area contributed by atoms with Gasteiger partial charge in [-0.3, -0.25) is 0 Å². The fourth-order valence-corrected chi connectivity index (χ4v) is 3.02. The van der Waals surface area contributed by atoms with Gasteiger partial charge in [-0.05, 0) is 48.5 Å². The predicted molar refractivity (Wildman–Crippen MR) is 110 cm³/mol. The molecule has 0 atom stereocenters. The molecule has 0 heterocycles. The van der Waals surface area contributed by atoms with Gasteiger partial charge < -0.3 is 20.8 Å². The zero-order valence-electron chi connectivity index (χ0n) is 14.2. The van der Waals surface area contributed by atoms with Crippen molar-refractivity contribution in [2.24, 2.45) is 0 Å². The molecule has 0 aliphatic heterocycles. The van der Waals surface area contributed by atoms with Crippen molar-refractivity contribution in [3.05, 3.63) is 81.8 Å². The van der Waals surface area contributed by atoms with E-state index in [1.165, 1.54) is 12.1 Å². The minimum atomic E-state index is -1.21. The monoisotopic (exact) mass is 416 g/mol. The average molecular weight is 417 g/mol. The molecule has 28 heavy (non-hydrogen) atoms. The lowest BCUT2D eigenvalue weighted by atomic mass is 10.0. The first-order chi connectivity index (χ1) is 13.3. The number of nitrogens with one attached hydrogen (secondary N) is 2. The van der Waals surface area contributed by atoms with Crippen LogP contribution in [0.15, 0.2) is 60.7 Å². The van der Waals surface area contributed by atoms with E-state index in [4.69, 9.17) is 23.2 Å². The lowest BCUT2D eigenvalue weighted by Gasteiger charge is -2.19. The van der Waals surface area contributed by atoms with Gasteiger partial charge in [-0.2, -0.15) is 0 Å². The Morgan fingerprint density at radius 2 is 1.07 bits per heavy atom. The largest absolute Gasteiger partial charge is 0.478 e. The van der Waals surface area contributed by atoms with Gasteiger partial charge in [0, 0.05) is 21.4 Å². The molecule has 0 saturated heterocycles. The second-order valence-electron chi connectivity index (χ2n) is 5.79. The number of hydrogen-bond donors (Lipinski definition) is 4. The Hall–Kier alpha value is -3.22. The van der Waals surface area contributed by atoms with Crippen LogP contribution in [0.5, 0.6) is 0 Å². The SMILES string of the molecule is O=C(O)c1ccc(C(=O)O)c(Nc2cccc(Cl)c2)c1Nc1cccc(Cl)c1. The van der Waals surface area contributed by atoms with E-state index in [1.807, 2.05) is 0 Å². The quantitative estimate of drug-likeness (QED) is 0.400. The maximum atomic E-state index is 11.8. The molecule has 142 valence electrons. The number of carboxylic acids is 2. The highest BCUT2D eigenvalue weighted by Gasteiger charge is 2.22. The van der Waals surface area contributed by atoms with Crippen LogP contribution in [0.1, 0.15) is 20.7 Å². The predicted octanol–water partition coefficient (Wildman–Crippen LogP) is 5.88. The van der Waals surface area contributed by atoms with Crippen molar-refractivity contribution < 1.29 is 19.8 Å². The molecule has 0 radical (unpaired) electrons. The summed E-state index contributed by atoms with van der Waals surface area (Å²) >= 11 is 12.0. The summed E-state index contributed by atoms with van der Waals surface area (Å²) in [5, 5.41) is 26.0. The lowest BCUT2D eigenvalue weighted by molar-refractivity contribution is 0.0683. The molecule has 0 amide bonds. The molecule has 0 saturated carbocycles. The first-order valence-electron chi connectivity index (χ1n) is 8.04. The van der Waals surface area contributed by atoms with Crippen LogP contribution >= 0.6 is 23.2 Å². The van der Waals surface area contributed by atoms with E-state index in [9.17, 15) is 19.8 Å². The summed E-state index contributed by atoms with van der Waals surface area (Å²) in [7, 11) is 0. The number of hydrogen-bond acceptors (Lipinski definition) is 4. The Labute approximate surface area is 170 Å². The molecule has 3 aromatic rings. The van der Waals surface area contributed by atoms with E-state index in [0.717, 1.165) is 0 Å². The molecule has 0 fully saturated rings. The maximum absolute atomic E-state index is 11.8. The second kappa shape index (κ2) is 8.21. The van der Waals surface area contributed by atoms with Gasteiger partial charge in [0.05, 0.1) is 22.5 Å². The van der Waals surface area contributed by atoms with Gasteiger partial charge in [0.15, 0.2) is 0 Å². The molecule has 0 aliphatic carbocycles. The van der Waals surface area contributed by atoms with Crippen LogP contribution in [-0.4, -0.2) is 22.2 Å². The van der Waals surface area contributed by atoms with Gasteiger partial charge in [-0.25, -0.2) is 9.59 Å². The zero-order valence-corrected chi connectivity index (χ0v) is 15.8. The minimum absolute atomic E-state index is 0.0923. The van der Waals surface area contributed by atoms with Crippen LogP contribution in [0.3, 0.4) is 0 Å². The third-order valence-corrected chi connectivity index (χ3v) is 4.32. The lowest BCUT2D eigenvalue weighted by Crippen LogP contribution is -2.11. The number of carboxylic acid groups (broad SMARTS) is 2. The van der Waals surface area contributed by atoms with E-state index < -0.39 is 11.9 Å². The van der Waals surface area contributed by atoms with Gasteiger partial charge in [-0.1, -0.05) is 35.3 Å². The van der Waals surface area contributed by atoms with Crippen LogP contribution in [0.2, 0.25) is 10.0 Å². The molecule has 4 N–H and O–H groups in total. The Morgan fingerprint density at radius 1 is 0.679 bits per heavy atom. The van der Waals surface area contributed by atoms with E-state index in [-0.39, 0.29) is 22.5 Å². The van der Waals surface area contributed by atoms with Crippen molar-refractivity contribution in [2.45, 2.75) is 0 Å². The number of aromatic carboxylic acids is 2. The Morgan fingerprint density at radius 3 is 1.39 bits per heavy atom. The van der Waals surface area contributed by atoms with Crippen LogP contribution in [-0.2, 0) is 0 Å². The Balaban J connectivity index is 2.19. The molecule has 0 unspecified atom stereocenters. The normalized spacial score (nSPS) is 10.4. The first kappa shape index (κ1) is 19.5. The summed E-state index contributed by atoms with van der Waals surface area (Å²) in [5.41, 5.74) is 0.992. The van der Waals surface area contributed by atoms with Crippen molar-refractivity contribution in [2.75, 3.05) is 10.6 Å². The third kappa shape index (κ3) is 4.36. The Bertz CT molecular complexity index is 985. The van der Waals surface area contributed by atoms with Gasteiger partial charge in [0.25, 0.3) is 0 Å². The number of anilines is 4. The second-order valence-corrected chi connectivity index (χ2v) is 6.66.